The molecular formula is C12H22F4. The van der Waals surface area contributed by atoms with E-state index in [1.165, 1.54) is 34.6 Å². The van der Waals surface area contributed by atoms with Crippen LogP contribution in [0.4, 0.5) is 17.6 Å². The smallest absolute Gasteiger partial charge is 0.200 e. The maximum absolute atomic E-state index is 13.9. The van der Waals surface area contributed by atoms with Crippen LogP contribution in [-0.4, -0.2) is 11.8 Å². The maximum Gasteiger partial charge on any atom is 0.315 e. The third-order valence-electron chi connectivity index (χ3n) is 3.97. The highest BCUT2D eigenvalue weighted by Gasteiger charge is 2.66. The molecule has 0 nitrogen and oxygen atoms in total. The van der Waals surface area contributed by atoms with E-state index >= 15 is 0 Å². The molecule has 0 aliphatic heterocycles. The zero-order chi connectivity index (χ0) is 13.2. The van der Waals surface area contributed by atoms with Crippen molar-refractivity contribution in [2.24, 2.45) is 11.3 Å². The lowest BCUT2D eigenvalue weighted by molar-refractivity contribution is -0.285. The molecule has 0 amide bonds. The Hall–Kier alpha value is -0.280. The summed E-state index contributed by atoms with van der Waals surface area (Å²) in [6.07, 6.45) is 0.136. The highest BCUT2D eigenvalue weighted by atomic mass is 19.3. The number of halogens is 4. The summed E-state index contributed by atoms with van der Waals surface area (Å²) in [7, 11) is 0. The van der Waals surface area contributed by atoms with E-state index in [1.807, 2.05) is 0 Å². The topological polar surface area (TPSA) is 0 Å². The standard InChI is InChI=1S/C12H22F4/c1-6-9(4)11(13,14)12(15,16)10(5,7-2)8-3/h9H,6-8H2,1-5H3. The van der Waals surface area contributed by atoms with Crippen molar-refractivity contribution in [3.05, 3.63) is 0 Å². The Kier molecular flexibility index (Phi) is 4.84. The molecule has 0 spiro atoms. The van der Waals surface area contributed by atoms with Gasteiger partial charge in [-0.3, -0.25) is 0 Å². The third-order valence-corrected chi connectivity index (χ3v) is 3.97. The van der Waals surface area contributed by atoms with Gasteiger partial charge in [0, 0.05) is 11.3 Å². The Bertz CT molecular complexity index is 219. The van der Waals surface area contributed by atoms with Gasteiger partial charge in [-0.2, -0.15) is 17.6 Å². The van der Waals surface area contributed by atoms with Gasteiger partial charge in [0.25, 0.3) is 0 Å². The quantitative estimate of drug-likeness (QED) is 0.566. The molecule has 0 aromatic carbocycles. The highest BCUT2D eigenvalue weighted by Crippen LogP contribution is 2.54. The largest absolute Gasteiger partial charge is 0.315 e. The molecule has 0 aromatic rings. The van der Waals surface area contributed by atoms with Gasteiger partial charge in [0.05, 0.1) is 0 Å². The Morgan fingerprint density at radius 1 is 0.938 bits per heavy atom. The summed E-state index contributed by atoms with van der Waals surface area (Å²) in [4.78, 5) is 0. The fourth-order valence-corrected chi connectivity index (χ4v) is 1.66. The molecule has 4 heteroatoms. The van der Waals surface area contributed by atoms with E-state index in [0.717, 1.165) is 0 Å². The Balaban J connectivity index is 5.32. The zero-order valence-electron chi connectivity index (χ0n) is 10.7. The van der Waals surface area contributed by atoms with Crippen LogP contribution < -0.4 is 0 Å². The van der Waals surface area contributed by atoms with Crippen LogP contribution in [0, 0.1) is 11.3 Å². The molecule has 0 saturated carbocycles. The van der Waals surface area contributed by atoms with Crippen molar-refractivity contribution in [3.63, 3.8) is 0 Å². The predicted molar refractivity (Wildman–Crippen MR) is 58.0 cm³/mol. The lowest BCUT2D eigenvalue weighted by Crippen LogP contribution is -2.55. The second kappa shape index (κ2) is 4.92. The van der Waals surface area contributed by atoms with Crippen LogP contribution in [0.15, 0.2) is 0 Å². The summed E-state index contributed by atoms with van der Waals surface area (Å²) in [6.45, 7) is 6.99. The normalized spacial score (nSPS) is 16.3. The van der Waals surface area contributed by atoms with Crippen LogP contribution in [0.5, 0.6) is 0 Å². The highest BCUT2D eigenvalue weighted by molar-refractivity contribution is 4.99. The molecule has 98 valence electrons. The molecule has 0 saturated heterocycles. The summed E-state index contributed by atoms with van der Waals surface area (Å²) in [6, 6.07) is 0. The second-order valence-corrected chi connectivity index (χ2v) is 4.77. The zero-order valence-corrected chi connectivity index (χ0v) is 10.7. The third kappa shape index (κ3) is 2.21. The molecule has 0 N–H and O–H groups in total. The minimum absolute atomic E-state index is 0.0442. The SMILES string of the molecule is CCC(C)C(F)(F)C(F)(F)C(C)(CC)CC. The summed E-state index contributed by atoms with van der Waals surface area (Å²) >= 11 is 0. The fraction of sp³-hybridized carbons (Fsp3) is 1.00. The van der Waals surface area contributed by atoms with Crippen molar-refractivity contribution in [2.75, 3.05) is 0 Å². The van der Waals surface area contributed by atoms with E-state index < -0.39 is 23.2 Å². The summed E-state index contributed by atoms with van der Waals surface area (Å²) in [5.74, 6) is -9.21. The van der Waals surface area contributed by atoms with Gasteiger partial charge < -0.3 is 0 Å². The molecule has 0 radical (unpaired) electrons. The minimum Gasteiger partial charge on any atom is -0.200 e. The van der Waals surface area contributed by atoms with Crippen molar-refractivity contribution in [1.29, 1.82) is 0 Å². The van der Waals surface area contributed by atoms with Gasteiger partial charge >= 0.3 is 11.8 Å². The van der Waals surface area contributed by atoms with Crippen molar-refractivity contribution in [2.45, 2.75) is 65.7 Å². The molecule has 1 atom stereocenters. The van der Waals surface area contributed by atoms with Gasteiger partial charge in [-0.15, -0.1) is 0 Å². The first-order valence-corrected chi connectivity index (χ1v) is 5.86. The van der Waals surface area contributed by atoms with Crippen LogP contribution in [0.3, 0.4) is 0 Å². The van der Waals surface area contributed by atoms with Gasteiger partial charge in [0.2, 0.25) is 0 Å². The van der Waals surface area contributed by atoms with E-state index in [2.05, 4.69) is 0 Å². The lowest BCUT2D eigenvalue weighted by Gasteiger charge is -2.42. The van der Waals surface area contributed by atoms with Crippen LogP contribution in [-0.2, 0) is 0 Å². The Morgan fingerprint density at radius 3 is 1.56 bits per heavy atom. The van der Waals surface area contributed by atoms with Crippen LogP contribution in [0.25, 0.3) is 0 Å². The molecule has 1 unspecified atom stereocenters. The number of rotatable bonds is 6. The molecule has 0 aliphatic carbocycles. The van der Waals surface area contributed by atoms with Crippen LogP contribution >= 0.6 is 0 Å². The molecule has 0 bridgehead atoms. The number of alkyl halides is 4. The average molecular weight is 242 g/mol. The van der Waals surface area contributed by atoms with E-state index in [9.17, 15) is 17.6 Å². The van der Waals surface area contributed by atoms with Gasteiger partial charge in [-0.05, 0) is 19.3 Å². The molecule has 0 fully saturated rings. The predicted octanol–water partition coefficient (Wildman–Crippen LogP) is 5.13. The van der Waals surface area contributed by atoms with E-state index in [-0.39, 0.29) is 19.3 Å². The fourth-order valence-electron chi connectivity index (χ4n) is 1.66. The number of hydrogen-bond donors (Lipinski definition) is 0. The molecule has 0 aliphatic rings. The van der Waals surface area contributed by atoms with Crippen molar-refractivity contribution < 1.29 is 17.6 Å². The van der Waals surface area contributed by atoms with Crippen molar-refractivity contribution >= 4 is 0 Å². The average Bonchev–Trinajstić information content (AvgIpc) is 2.25. The summed E-state index contributed by atoms with van der Waals surface area (Å²) in [5, 5.41) is 0. The van der Waals surface area contributed by atoms with Gasteiger partial charge in [-0.1, -0.05) is 34.6 Å². The first-order chi connectivity index (χ1) is 7.10. The first kappa shape index (κ1) is 15.7. The molecule has 0 aromatic heterocycles. The van der Waals surface area contributed by atoms with E-state index in [4.69, 9.17) is 0 Å². The number of hydrogen-bond acceptors (Lipinski definition) is 0. The molecule has 16 heavy (non-hydrogen) atoms. The maximum atomic E-state index is 13.9. The van der Waals surface area contributed by atoms with Gasteiger partial charge in [-0.25, -0.2) is 0 Å². The van der Waals surface area contributed by atoms with E-state index in [0.29, 0.717) is 0 Å². The minimum atomic E-state index is -3.96. The Morgan fingerprint density at radius 2 is 1.31 bits per heavy atom. The van der Waals surface area contributed by atoms with Gasteiger partial charge in [0.1, 0.15) is 0 Å². The molecule has 0 rings (SSSR count). The molecular weight excluding hydrogens is 220 g/mol. The first-order valence-electron chi connectivity index (χ1n) is 5.86. The second-order valence-electron chi connectivity index (χ2n) is 4.77. The Labute approximate surface area is 95.4 Å². The van der Waals surface area contributed by atoms with Crippen molar-refractivity contribution in [3.8, 4) is 0 Å². The van der Waals surface area contributed by atoms with Crippen LogP contribution in [0.1, 0.15) is 53.9 Å². The summed E-state index contributed by atoms with van der Waals surface area (Å²) < 4.78 is 55.3. The van der Waals surface area contributed by atoms with Crippen LogP contribution in [0.2, 0.25) is 0 Å². The lowest BCUT2D eigenvalue weighted by atomic mass is 9.73. The van der Waals surface area contributed by atoms with Gasteiger partial charge in [0.15, 0.2) is 0 Å². The van der Waals surface area contributed by atoms with Crippen molar-refractivity contribution in [1.82, 2.24) is 0 Å². The van der Waals surface area contributed by atoms with E-state index in [1.54, 1.807) is 0 Å². The molecule has 0 heterocycles. The monoisotopic (exact) mass is 242 g/mol. The summed E-state index contributed by atoms with van der Waals surface area (Å²) in [5.41, 5.74) is -1.64.